The van der Waals surface area contributed by atoms with Crippen molar-refractivity contribution in [1.29, 1.82) is 0 Å². The number of rotatable bonds is 2. The maximum absolute atomic E-state index is 12.1. The van der Waals surface area contributed by atoms with E-state index >= 15 is 0 Å². The molecule has 0 spiro atoms. The smallest absolute Gasteiger partial charge is 0.238 e. The number of hydrogen-bond donors (Lipinski definition) is 1. The topological polar surface area (TPSA) is 53.4 Å². The summed E-state index contributed by atoms with van der Waals surface area (Å²) in [7, 11) is 0. The van der Waals surface area contributed by atoms with Crippen LogP contribution in [0.15, 0.2) is 48.7 Å². The summed E-state index contributed by atoms with van der Waals surface area (Å²) in [6.45, 7) is 0. The van der Waals surface area contributed by atoms with Gasteiger partial charge in [-0.3, -0.25) is 14.7 Å². The lowest BCUT2D eigenvalue weighted by molar-refractivity contribution is -0.115. The quantitative estimate of drug-likeness (QED) is 0.913. The van der Waals surface area contributed by atoms with Gasteiger partial charge in [-0.25, -0.2) is 0 Å². The van der Waals surface area contributed by atoms with Crippen LogP contribution in [0.2, 0.25) is 0 Å². The van der Waals surface area contributed by atoms with Gasteiger partial charge in [-0.15, -0.1) is 11.8 Å². The molecule has 0 aliphatic carbocycles. The zero-order valence-corrected chi connectivity index (χ0v) is 10.9. The van der Waals surface area contributed by atoms with Crippen LogP contribution in [-0.4, -0.2) is 21.8 Å². The number of benzene rings is 1. The molecular formula is C14H12N2O2S. The average Bonchev–Trinajstić information content (AvgIpc) is 2.83. The van der Waals surface area contributed by atoms with E-state index in [0.717, 1.165) is 11.4 Å². The second-order valence-electron chi connectivity index (χ2n) is 4.20. The SMILES string of the molecule is O=C1CSC(c2ccccn2)N1c1ccc(O)cc1. The zero-order chi connectivity index (χ0) is 13.2. The molecule has 1 aromatic carbocycles. The molecule has 3 rings (SSSR count). The summed E-state index contributed by atoms with van der Waals surface area (Å²) in [4.78, 5) is 18.1. The first kappa shape index (κ1) is 12.0. The highest BCUT2D eigenvalue weighted by Crippen LogP contribution is 2.40. The monoisotopic (exact) mass is 272 g/mol. The Morgan fingerprint density at radius 2 is 2.00 bits per heavy atom. The molecule has 2 heterocycles. The summed E-state index contributed by atoms with van der Waals surface area (Å²) < 4.78 is 0. The lowest BCUT2D eigenvalue weighted by Crippen LogP contribution is -2.28. The molecule has 4 nitrogen and oxygen atoms in total. The molecule has 0 saturated carbocycles. The molecule has 1 unspecified atom stereocenters. The van der Waals surface area contributed by atoms with Crippen LogP contribution in [-0.2, 0) is 4.79 Å². The predicted octanol–water partition coefficient (Wildman–Crippen LogP) is 2.57. The number of carbonyl (C=O) groups excluding carboxylic acids is 1. The molecule has 1 N–H and O–H groups in total. The first-order valence-electron chi connectivity index (χ1n) is 5.89. The average molecular weight is 272 g/mol. The third kappa shape index (κ3) is 2.29. The van der Waals surface area contributed by atoms with Crippen LogP contribution in [0, 0.1) is 0 Å². The molecule has 1 atom stereocenters. The Morgan fingerprint density at radius 3 is 2.68 bits per heavy atom. The number of phenols is 1. The third-order valence-electron chi connectivity index (χ3n) is 2.94. The molecule has 5 heteroatoms. The van der Waals surface area contributed by atoms with Gasteiger partial charge in [0.15, 0.2) is 0 Å². The lowest BCUT2D eigenvalue weighted by Gasteiger charge is -2.23. The van der Waals surface area contributed by atoms with Gasteiger partial charge in [-0.2, -0.15) is 0 Å². The van der Waals surface area contributed by atoms with Gasteiger partial charge in [0, 0.05) is 11.9 Å². The van der Waals surface area contributed by atoms with Crippen LogP contribution in [0.1, 0.15) is 11.1 Å². The van der Waals surface area contributed by atoms with Crippen molar-refractivity contribution in [3.63, 3.8) is 0 Å². The largest absolute Gasteiger partial charge is 0.508 e. The molecule has 1 amide bonds. The number of aromatic nitrogens is 1. The first-order chi connectivity index (χ1) is 9.25. The fourth-order valence-electron chi connectivity index (χ4n) is 2.06. The van der Waals surface area contributed by atoms with Crippen molar-refractivity contribution in [3.05, 3.63) is 54.4 Å². The number of pyridine rings is 1. The van der Waals surface area contributed by atoms with Crippen LogP contribution in [0.3, 0.4) is 0 Å². The van der Waals surface area contributed by atoms with Crippen molar-refractivity contribution in [2.45, 2.75) is 5.37 Å². The second-order valence-corrected chi connectivity index (χ2v) is 5.27. The standard InChI is InChI=1S/C14H12N2O2S/c17-11-6-4-10(5-7-11)16-13(18)9-19-14(16)12-3-1-2-8-15-12/h1-8,14,17H,9H2. The molecule has 2 aromatic rings. The summed E-state index contributed by atoms with van der Waals surface area (Å²) in [5.74, 6) is 0.700. The second kappa shape index (κ2) is 4.93. The summed E-state index contributed by atoms with van der Waals surface area (Å²) in [5.41, 5.74) is 1.65. The van der Waals surface area contributed by atoms with Gasteiger partial charge >= 0.3 is 0 Å². The normalized spacial score (nSPS) is 18.8. The van der Waals surface area contributed by atoms with Gasteiger partial charge < -0.3 is 5.11 Å². The molecule has 1 aromatic heterocycles. The van der Waals surface area contributed by atoms with Gasteiger partial charge in [0.25, 0.3) is 0 Å². The Labute approximate surface area is 115 Å². The Morgan fingerprint density at radius 1 is 1.21 bits per heavy atom. The summed E-state index contributed by atoms with van der Waals surface area (Å²) in [6.07, 6.45) is 1.73. The number of thioether (sulfide) groups is 1. The van der Waals surface area contributed by atoms with E-state index in [1.54, 1.807) is 47.1 Å². The van der Waals surface area contributed by atoms with Crippen LogP contribution < -0.4 is 4.90 Å². The fraction of sp³-hybridized carbons (Fsp3) is 0.143. The van der Waals surface area contributed by atoms with E-state index < -0.39 is 0 Å². The van der Waals surface area contributed by atoms with Gasteiger partial charge in [0.1, 0.15) is 11.1 Å². The Balaban J connectivity index is 1.97. The minimum atomic E-state index is -0.0988. The maximum Gasteiger partial charge on any atom is 0.238 e. The Kier molecular flexibility index (Phi) is 3.13. The van der Waals surface area contributed by atoms with E-state index in [1.165, 1.54) is 0 Å². The molecule has 1 aliphatic heterocycles. The number of amides is 1. The molecular weight excluding hydrogens is 260 g/mol. The van der Waals surface area contributed by atoms with Crippen molar-refractivity contribution < 1.29 is 9.90 Å². The van der Waals surface area contributed by atoms with E-state index in [0.29, 0.717) is 5.75 Å². The van der Waals surface area contributed by atoms with E-state index in [1.807, 2.05) is 18.2 Å². The van der Waals surface area contributed by atoms with Crippen LogP contribution in [0.25, 0.3) is 0 Å². The highest BCUT2D eigenvalue weighted by atomic mass is 32.2. The zero-order valence-electron chi connectivity index (χ0n) is 10.1. The lowest BCUT2D eigenvalue weighted by atomic mass is 10.2. The minimum absolute atomic E-state index is 0.0614. The van der Waals surface area contributed by atoms with E-state index in [-0.39, 0.29) is 17.0 Å². The van der Waals surface area contributed by atoms with Crippen LogP contribution in [0.5, 0.6) is 5.75 Å². The van der Waals surface area contributed by atoms with Crippen molar-refractivity contribution in [1.82, 2.24) is 4.98 Å². The minimum Gasteiger partial charge on any atom is -0.508 e. The van der Waals surface area contributed by atoms with Crippen molar-refractivity contribution >= 4 is 23.4 Å². The molecule has 0 radical (unpaired) electrons. The number of carbonyl (C=O) groups is 1. The number of aromatic hydroxyl groups is 1. The van der Waals surface area contributed by atoms with E-state index in [4.69, 9.17) is 0 Å². The highest BCUT2D eigenvalue weighted by Gasteiger charge is 2.34. The summed E-state index contributed by atoms with van der Waals surface area (Å²) >= 11 is 1.56. The Hall–Kier alpha value is -2.01. The summed E-state index contributed by atoms with van der Waals surface area (Å²) in [5, 5.41) is 9.23. The molecule has 96 valence electrons. The van der Waals surface area contributed by atoms with E-state index in [2.05, 4.69) is 4.98 Å². The van der Waals surface area contributed by atoms with Gasteiger partial charge in [-0.1, -0.05) is 6.07 Å². The molecule has 0 bridgehead atoms. The van der Waals surface area contributed by atoms with Gasteiger partial charge in [0.2, 0.25) is 5.91 Å². The van der Waals surface area contributed by atoms with Crippen molar-refractivity contribution in [2.24, 2.45) is 0 Å². The Bertz CT molecular complexity index is 586. The summed E-state index contributed by atoms with van der Waals surface area (Å²) in [6, 6.07) is 12.4. The molecule has 1 aliphatic rings. The number of phenolic OH excluding ortho intramolecular Hbond substituents is 1. The number of nitrogens with zero attached hydrogens (tertiary/aromatic N) is 2. The molecule has 19 heavy (non-hydrogen) atoms. The number of hydrogen-bond acceptors (Lipinski definition) is 4. The molecule has 1 fully saturated rings. The van der Waals surface area contributed by atoms with E-state index in [9.17, 15) is 9.90 Å². The van der Waals surface area contributed by atoms with Crippen LogP contribution >= 0.6 is 11.8 Å². The number of anilines is 1. The van der Waals surface area contributed by atoms with Gasteiger partial charge in [-0.05, 0) is 36.4 Å². The fourth-order valence-corrected chi connectivity index (χ4v) is 3.20. The third-order valence-corrected chi connectivity index (χ3v) is 4.12. The molecule has 1 saturated heterocycles. The van der Waals surface area contributed by atoms with Crippen LogP contribution in [0.4, 0.5) is 5.69 Å². The van der Waals surface area contributed by atoms with Crippen molar-refractivity contribution in [2.75, 3.05) is 10.7 Å². The predicted molar refractivity (Wildman–Crippen MR) is 75.0 cm³/mol. The maximum atomic E-state index is 12.1. The van der Waals surface area contributed by atoms with Crippen molar-refractivity contribution in [3.8, 4) is 5.75 Å². The van der Waals surface area contributed by atoms with Gasteiger partial charge in [0.05, 0.1) is 11.4 Å². The highest BCUT2D eigenvalue weighted by molar-refractivity contribution is 8.00. The first-order valence-corrected chi connectivity index (χ1v) is 6.94.